The first-order valence-electron chi connectivity index (χ1n) is 3.98. The van der Waals surface area contributed by atoms with E-state index in [0.29, 0.717) is 0 Å². The Morgan fingerprint density at radius 3 is 3.00 bits per heavy atom. The van der Waals surface area contributed by atoms with Gasteiger partial charge in [-0.25, -0.2) is 0 Å². The summed E-state index contributed by atoms with van der Waals surface area (Å²) in [4.78, 5) is 0. The molecule has 1 aromatic rings. The van der Waals surface area contributed by atoms with Gasteiger partial charge < -0.3 is 5.73 Å². The summed E-state index contributed by atoms with van der Waals surface area (Å²) in [6.07, 6.45) is 2.19. The zero-order valence-corrected chi connectivity index (χ0v) is 6.96. The van der Waals surface area contributed by atoms with Gasteiger partial charge in [-0.05, 0) is 25.3 Å². The molecular formula is C8H13N3. The SMILES string of the molecule is Cc1nn(C)c2c1CCC2N. The molecule has 1 unspecified atom stereocenters. The number of rotatable bonds is 0. The van der Waals surface area contributed by atoms with Crippen LogP contribution in [-0.4, -0.2) is 9.78 Å². The Hall–Kier alpha value is -0.830. The molecule has 0 aliphatic heterocycles. The lowest BCUT2D eigenvalue weighted by Gasteiger charge is -2.03. The van der Waals surface area contributed by atoms with Gasteiger partial charge in [-0.2, -0.15) is 5.10 Å². The molecule has 1 aliphatic carbocycles. The predicted molar refractivity (Wildman–Crippen MR) is 43.2 cm³/mol. The summed E-state index contributed by atoms with van der Waals surface area (Å²) in [5.41, 5.74) is 9.66. The Morgan fingerprint density at radius 1 is 1.64 bits per heavy atom. The van der Waals surface area contributed by atoms with E-state index < -0.39 is 0 Å². The predicted octanol–water partition coefficient (Wildman–Crippen LogP) is 0.675. The van der Waals surface area contributed by atoms with Crippen molar-refractivity contribution in [3.05, 3.63) is 17.0 Å². The highest BCUT2D eigenvalue weighted by molar-refractivity contribution is 5.32. The van der Waals surface area contributed by atoms with E-state index >= 15 is 0 Å². The lowest BCUT2D eigenvalue weighted by atomic mass is 10.2. The van der Waals surface area contributed by atoms with Crippen LogP contribution in [0.4, 0.5) is 0 Å². The quantitative estimate of drug-likeness (QED) is 0.592. The van der Waals surface area contributed by atoms with Crippen LogP contribution in [-0.2, 0) is 13.5 Å². The monoisotopic (exact) mass is 151 g/mol. The van der Waals surface area contributed by atoms with Crippen molar-refractivity contribution in [1.82, 2.24) is 9.78 Å². The van der Waals surface area contributed by atoms with Gasteiger partial charge in [0.05, 0.1) is 11.4 Å². The minimum Gasteiger partial charge on any atom is -0.323 e. The maximum Gasteiger partial charge on any atom is 0.0629 e. The summed E-state index contributed by atoms with van der Waals surface area (Å²) in [7, 11) is 1.97. The number of hydrogen-bond donors (Lipinski definition) is 1. The first-order valence-corrected chi connectivity index (χ1v) is 3.98. The molecule has 0 saturated heterocycles. The second-order valence-corrected chi connectivity index (χ2v) is 3.22. The van der Waals surface area contributed by atoms with Gasteiger partial charge in [-0.15, -0.1) is 0 Å². The molecule has 2 N–H and O–H groups in total. The third kappa shape index (κ3) is 0.807. The van der Waals surface area contributed by atoms with Crippen LogP contribution in [0.3, 0.4) is 0 Å². The van der Waals surface area contributed by atoms with E-state index in [-0.39, 0.29) is 6.04 Å². The zero-order chi connectivity index (χ0) is 8.01. The van der Waals surface area contributed by atoms with Crippen LogP contribution in [0.1, 0.15) is 29.4 Å². The fourth-order valence-electron chi connectivity index (χ4n) is 1.93. The minimum atomic E-state index is 0.219. The molecule has 0 saturated carbocycles. The maximum atomic E-state index is 5.90. The van der Waals surface area contributed by atoms with Crippen LogP contribution in [0.15, 0.2) is 0 Å². The molecule has 0 amide bonds. The lowest BCUT2D eigenvalue weighted by molar-refractivity contribution is 0.616. The Bertz CT molecular complexity index is 288. The van der Waals surface area contributed by atoms with Crippen LogP contribution < -0.4 is 5.73 Å². The first kappa shape index (κ1) is 6.85. The van der Waals surface area contributed by atoms with E-state index in [0.717, 1.165) is 18.5 Å². The van der Waals surface area contributed by atoms with Crippen molar-refractivity contribution in [2.75, 3.05) is 0 Å². The molecule has 2 rings (SSSR count). The van der Waals surface area contributed by atoms with E-state index in [1.807, 2.05) is 11.7 Å². The Labute approximate surface area is 66.2 Å². The molecule has 3 heteroatoms. The molecule has 1 heterocycles. The summed E-state index contributed by atoms with van der Waals surface area (Å²) in [5.74, 6) is 0. The molecule has 1 aliphatic rings. The number of nitrogens with zero attached hydrogens (tertiary/aromatic N) is 2. The molecule has 0 radical (unpaired) electrons. The highest BCUT2D eigenvalue weighted by atomic mass is 15.3. The molecule has 60 valence electrons. The maximum absolute atomic E-state index is 5.90. The average molecular weight is 151 g/mol. The van der Waals surface area contributed by atoms with Crippen molar-refractivity contribution in [2.24, 2.45) is 12.8 Å². The molecule has 3 nitrogen and oxygen atoms in total. The van der Waals surface area contributed by atoms with Crippen molar-refractivity contribution >= 4 is 0 Å². The summed E-state index contributed by atoms with van der Waals surface area (Å²) < 4.78 is 1.92. The lowest BCUT2D eigenvalue weighted by Crippen LogP contribution is -2.10. The Kier molecular flexibility index (Phi) is 1.29. The molecule has 0 aromatic carbocycles. The number of hydrogen-bond acceptors (Lipinski definition) is 2. The van der Waals surface area contributed by atoms with Crippen LogP contribution in [0, 0.1) is 6.92 Å². The molecule has 0 spiro atoms. The fraction of sp³-hybridized carbons (Fsp3) is 0.625. The van der Waals surface area contributed by atoms with Crippen molar-refractivity contribution in [3.8, 4) is 0 Å². The largest absolute Gasteiger partial charge is 0.323 e. The Morgan fingerprint density at radius 2 is 2.36 bits per heavy atom. The van der Waals surface area contributed by atoms with Gasteiger partial charge in [0.25, 0.3) is 0 Å². The third-order valence-corrected chi connectivity index (χ3v) is 2.45. The number of nitrogens with two attached hydrogens (primary N) is 1. The molecule has 0 fully saturated rings. The van der Waals surface area contributed by atoms with Gasteiger partial charge in [-0.1, -0.05) is 0 Å². The van der Waals surface area contributed by atoms with Gasteiger partial charge in [0, 0.05) is 13.1 Å². The van der Waals surface area contributed by atoms with E-state index in [1.54, 1.807) is 0 Å². The second-order valence-electron chi connectivity index (χ2n) is 3.22. The number of fused-ring (bicyclic) bond motifs is 1. The minimum absolute atomic E-state index is 0.219. The highest BCUT2D eigenvalue weighted by Gasteiger charge is 2.25. The van der Waals surface area contributed by atoms with E-state index in [9.17, 15) is 0 Å². The van der Waals surface area contributed by atoms with Crippen LogP contribution in [0.5, 0.6) is 0 Å². The van der Waals surface area contributed by atoms with Crippen molar-refractivity contribution < 1.29 is 0 Å². The fourth-order valence-corrected chi connectivity index (χ4v) is 1.93. The van der Waals surface area contributed by atoms with E-state index in [4.69, 9.17) is 5.73 Å². The van der Waals surface area contributed by atoms with Crippen molar-refractivity contribution in [2.45, 2.75) is 25.8 Å². The molecule has 1 atom stereocenters. The summed E-state index contributed by atoms with van der Waals surface area (Å²) in [6, 6.07) is 0.219. The molecule has 0 bridgehead atoms. The van der Waals surface area contributed by atoms with E-state index in [2.05, 4.69) is 12.0 Å². The normalized spacial score (nSPS) is 22.3. The van der Waals surface area contributed by atoms with Gasteiger partial charge in [0.1, 0.15) is 0 Å². The molecule has 11 heavy (non-hydrogen) atoms. The topological polar surface area (TPSA) is 43.8 Å². The van der Waals surface area contributed by atoms with Gasteiger partial charge in [0.15, 0.2) is 0 Å². The van der Waals surface area contributed by atoms with Crippen LogP contribution >= 0.6 is 0 Å². The van der Waals surface area contributed by atoms with Gasteiger partial charge in [-0.3, -0.25) is 4.68 Å². The average Bonchev–Trinajstić information content (AvgIpc) is 2.41. The van der Waals surface area contributed by atoms with Crippen LogP contribution in [0.2, 0.25) is 0 Å². The number of aryl methyl sites for hydroxylation is 2. The molecule has 1 aromatic heterocycles. The standard InChI is InChI=1S/C8H13N3/c1-5-6-3-4-7(9)8(6)11(2)10-5/h7H,3-4,9H2,1-2H3. The molecular weight excluding hydrogens is 138 g/mol. The smallest absolute Gasteiger partial charge is 0.0629 e. The van der Waals surface area contributed by atoms with E-state index in [1.165, 1.54) is 11.3 Å². The van der Waals surface area contributed by atoms with Crippen molar-refractivity contribution in [3.63, 3.8) is 0 Å². The summed E-state index contributed by atoms with van der Waals surface area (Å²) in [5, 5.41) is 4.32. The van der Waals surface area contributed by atoms with Gasteiger partial charge in [0.2, 0.25) is 0 Å². The zero-order valence-electron chi connectivity index (χ0n) is 6.96. The Balaban J connectivity index is 2.60. The van der Waals surface area contributed by atoms with Crippen LogP contribution in [0.25, 0.3) is 0 Å². The summed E-state index contributed by atoms with van der Waals surface area (Å²) in [6.45, 7) is 2.05. The second kappa shape index (κ2) is 2.08. The third-order valence-electron chi connectivity index (χ3n) is 2.45. The van der Waals surface area contributed by atoms with Gasteiger partial charge >= 0.3 is 0 Å². The van der Waals surface area contributed by atoms with Crippen molar-refractivity contribution in [1.29, 1.82) is 0 Å². The highest BCUT2D eigenvalue weighted by Crippen LogP contribution is 2.30. The first-order chi connectivity index (χ1) is 5.20. The number of aromatic nitrogens is 2. The summed E-state index contributed by atoms with van der Waals surface area (Å²) >= 11 is 0.